The van der Waals surface area contributed by atoms with Crippen LogP contribution in [-0.2, 0) is 11.8 Å². The van der Waals surface area contributed by atoms with Crippen molar-refractivity contribution in [2.45, 2.75) is 39.5 Å². The fourth-order valence-electron chi connectivity index (χ4n) is 1.68. The van der Waals surface area contributed by atoms with Crippen LogP contribution in [-0.4, -0.2) is 5.11 Å². The first-order valence-corrected chi connectivity index (χ1v) is 5.39. The van der Waals surface area contributed by atoms with Crippen molar-refractivity contribution in [3.63, 3.8) is 0 Å². The van der Waals surface area contributed by atoms with Crippen LogP contribution >= 0.6 is 0 Å². The van der Waals surface area contributed by atoms with Gasteiger partial charge in [0.15, 0.2) is 0 Å². The zero-order valence-electron chi connectivity index (χ0n) is 10.1. The summed E-state index contributed by atoms with van der Waals surface area (Å²) in [6.07, 6.45) is 2.67. The van der Waals surface area contributed by atoms with Crippen LogP contribution in [0.2, 0.25) is 0 Å². The summed E-state index contributed by atoms with van der Waals surface area (Å²) in [7, 11) is 0. The Kier molecular flexibility index (Phi) is 3.23. The molecule has 0 fully saturated rings. The molecule has 15 heavy (non-hydrogen) atoms. The number of benzene rings is 1. The van der Waals surface area contributed by atoms with Gasteiger partial charge in [0.05, 0.1) is 0 Å². The van der Waals surface area contributed by atoms with E-state index in [1.54, 1.807) is 0 Å². The van der Waals surface area contributed by atoms with E-state index in [0.717, 1.165) is 23.1 Å². The minimum atomic E-state index is -0.0347. The summed E-state index contributed by atoms with van der Waals surface area (Å²) in [6.45, 7) is 12.1. The van der Waals surface area contributed by atoms with Crippen molar-refractivity contribution >= 4 is 6.08 Å². The van der Waals surface area contributed by atoms with Crippen LogP contribution < -0.4 is 0 Å². The summed E-state index contributed by atoms with van der Waals surface area (Å²) >= 11 is 0. The molecule has 1 aromatic carbocycles. The van der Waals surface area contributed by atoms with Crippen LogP contribution in [0.5, 0.6) is 5.75 Å². The Morgan fingerprint density at radius 1 is 1.33 bits per heavy atom. The monoisotopic (exact) mass is 204 g/mol. The Hall–Kier alpha value is -1.24. The molecule has 0 saturated heterocycles. The van der Waals surface area contributed by atoms with Gasteiger partial charge in [0.25, 0.3) is 0 Å². The molecule has 1 nitrogen and oxygen atoms in total. The van der Waals surface area contributed by atoms with Crippen LogP contribution in [0.25, 0.3) is 6.08 Å². The Morgan fingerprint density at radius 3 is 2.33 bits per heavy atom. The smallest absolute Gasteiger partial charge is 0.122 e. The molecule has 0 aromatic heterocycles. The number of rotatable bonds is 2. The van der Waals surface area contributed by atoms with Gasteiger partial charge in [-0.25, -0.2) is 0 Å². The molecule has 1 heteroatoms. The third-order valence-corrected chi connectivity index (χ3v) is 2.64. The normalized spacial score (nSPS) is 11.5. The summed E-state index contributed by atoms with van der Waals surface area (Å²) in [5.41, 5.74) is 3.04. The summed E-state index contributed by atoms with van der Waals surface area (Å²) in [5.74, 6) is 0.440. The molecule has 0 aliphatic carbocycles. The van der Waals surface area contributed by atoms with Crippen LogP contribution in [0, 0.1) is 0 Å². The molecule has 82 valence electrons. The molecule has 0 saturated carbocycles. The number of phenols is 1. The average Bonchev–Trinajstić information content (AvgIpc) is 2.16. The van der Waals surface area contributed by atoms with E-state index in [2.05, 4.69) is 27.4 Å². The van der Waals surface area contributed by atoms with Crippen molar-refractivity contribution in [2.75, 3.05) is 0 Å². The second-order valence-corrected chi connectivity index (χ2v) is 4.88. The predicted octanol–water partition coefficient (Wildman–Crippen LogP) is 3.90. The van der Waals surface area contributed by atoms with Gasteiger partial charge < -0.3 is 5.11 Å². The number of hydrogen-bond donors (Lipinski definition) is 1. The molecule has 0 unspecified atom stereocenters. The quantitative estimate of drug-likeness (QED) is 0.774. The molecule has 1 N–H and O–H groups in total. The van der Waals surface area contributed by atoms with E-state index >= 15 is 0 Å². The van der Waals surface area contributed by atoms with Crippen LogP contribution in [0.3, 0.4) is 0 Å². The molecule has 0 spiro atoms. The van der Waals surface area contributed by atoms with Crippen molar-refractivity contribution in [3.05, 3.63) is 35.4 Å². The maximum absolute atomic E-state index is 10.1. The molecule has 1 aromatic rings. The number of hydrogen-bond acceptors (Lipinski definition) is 1. The molecule has 0 radical (unpaired) electrons. The highest BCUT2D eigenvalue weighted by Crippen LogP contribution is 2.34. The fraction of sp³-hybridized carbons (Fsp3) is 0.429. The highest BCUT2D eigenvalue weighted by molar-refractivity contribution is 5.56. The summed E-state index contributed by atoms with van der Waals surface area (Å²) in [6, 6.07) is 4.01. The lowest BCUT2D eigenvalue weighted by Crippen LogP contribution is -2.12. The topological polar surface area (TPSA) is 20.2 Å². The Morgan fingerprint density at radius 2 is 1.93 bits per heavy atom. The maximum Gasteiger partial charge on any atom is 0.122 e. The van der Waals surface area contributed by atoms with E-state index in [4.69, 9.17) is 0 Å². The van der Waals surface area contributed by atoms with Gasteiger partial charge in [0, 0.05) is 5.56 Å². The number of aryl methyl sites for hydroxylation is 1. The minimum Gasteiger partial charge on any atom is -0.507 e. The first kappa shape index (κ1) is 11.8. The molecular formula is C14H20O. The summed E-state index contributed by atoms with van der Waals surface area (Å²) in [5, 5.41) is 10.1. The Labute approximate surface area is 92.5 Å². The third-order valence-electron chi connectivity index (χ3n) is 2.64. The van der Waals surface area contributed by atoms with Crippen molar-refractivity contribution in [1.82, 2.24) is 0 Å². The lowest BCUT2D eigenvalue weighted by molar-refractivity contribution is 0.441. The number of aromatic hydroxyl groups is 1. The van der Waals surface area contributed by atoms with Crippen molar-refractivity contribution < 1.29 is 5.11 Å². The van der Waals surface area contributed by atoms with Crippen LogP contribution in [0.15, 0.2) is 18.7 Å². The van der Waals surface area contributed by atoms with Gasteiger partial charge in [-0.1, -0.05) is 40.3 Å². The van der Waals surface area contributed by atoms with E-state index < -0.39 is 0 Å². The van der Waals surface area contributed by atoms with Gasteiger partial charge in [0.2, 0.25) is 0 Å². The summed E-state index contributed by atoms with van der Waals surface area (Å²) < 4.78 is 0. The van der Waals surface area contributed by atoms with Gasteiger partial charge in [-0.3, -0.25) is 0 Å². The minimum absolute atomic E-state index is 0.0347. The SMILES string of the molecule is C=Cc1cc(CC)c(O)c(C(C)(C)C)c1. The standard InChI is InChI=1S/C14H20O/c1-6-10-8-11(7-2)13(15)12(9-10)14(3,4)5/h6,8-9,15H,1,7H2,2-5H3. The highest BCUT2D eigenvalue weighted by atomic mass is 16.3. The third kappa shape index (κ3) is 2.41. The first-order valence-electron chi connectivity index (χ1n) is 5.39. The lowest BCUT2D eigenvalue weighted by Gasteiger charge is -2.22. The van der Waals surface area contributed by atoms with Gasteiger partial charge in [-0.15, -0.1) is 0 Å². The summed E-state index contributed by atoms with van der Waals surface area (Å²) in [4.78, 5) is 0. The van der Waals surface area contributed by atoms with Crippen molar-refractivity contribution in [2.24, 2.45) is 0 Å². The van der Waals surface area contributed by atoms with E-state index in [1.165, 1.54) is 0 Å². The molecule has 0 aliphatic heterocycles. The zero-order chi connectivity index (χ0) is 11.6. The Bertz CT molecular complexity index is 370. The van der Waals surface area contributed by atoms with Gasteiger partial charge in [-0.05, 0) is 35.1 Å². The van der Waals surface area contributed by atoms with Gasteiger partial charge in [-0.2, -0.15) is 0 Å². The second kappa shape index (κ2) is 4.09. The molecule has 0 atom stereocenters. The maximum atomic E-state index is 10.1. The molecule has 1 rings (SSSR count). The fourth-order valence-corrected chi connectivity index (χ4v) is 1.68. The predicted molar refractivity (Wildman–Crippen MR) is 66.3 cm³/mol. The van der Waals surface area contributed by atoms with E-state index in [-0.39, 0.29) is 5.41 Å². The second-order valence-electron chi connectivity index (χ2n) is 4.88. The molecule has 0 amide bonds. The average molecular weight is 204 g/mol. The molecule has 0 aliphatic rings. The largest absolute Gasteiger partial charge is 0.507 e. The van der Waals surface area contributed by atoms with E-state index in [9.17, 15) is 5.11 Å². The molecule has 0 heterocycles. The lowest BCUT2D eigenvalue weighted by atomic mass is 9.83. The van der Waals surface area contributed by atoms with Gasteiger partial charge in [0.1, 0.15) is 5.75 Å². The van der Waals surface area contributed by atoms with Crippen LogP contribution in [0.1, 0.15) is 44.4 Å². The van der Waals surface area contributed by atoms with E-state index in [0.29, 0.717) is 5.75 Å². The molecular weight excluding hydrogens is 184 g/mol. The Balaban J connectivity index is 3.44. The van der Waals surface area contributed by atoms with Gasteiger partial charge >= 0.3 is 0 Å². The highest BCUT2D eigenvalue weighted by Gasteiger charge is 2.20. The zero-order valence-corrected chi connectivity index (χ0v) is 10.1. The first-order chi connectivity index (χ1) is 6.90. The van der Waals surface area contributed by atoms with Crippen molar-refractivity contribution in [3.8, 4) is 5.75 Å². The molecule has 0 bridgehead atoms. The number of phenolic OH excluding ortho intramolecular Hbond substituents is 1. The van der Waals surface area contributed by atoms with Crippen molar-refractivity contribution in [1.29, 1.82) is 0 Å². The van der Waals surface area contributed by atoms with E-state index in [1.807, 2.05) is 25.1 Å². The van der Waals surface area contributed by atoms with Crippen LogP contribution in [0.4, 0.5) is 0 Å².